The Kier molecular flexibility index (Phi) is 10.4. The molecular weight excluding hydrogens is 527 g/mol. The van der Waals surface area contributed by atoms with E-state index >= 15 is 0 Å². The van der Waals surface area contributed by atoms with E-state index in [2.05, 4.69) is 48.4 Å². The van der Waals surface area contributed by atoms with Crippen LogP contribution in [0.4, 0.5) is 5.82 Å². The molecule has 0 bridgehead atoms. The quantitative estimate of drug-likeness (QED) is 0.317. The van der Waals surface area contributed by atoms with E-state index in [4.69, 9.17) is 9.47 Å². The summed E-state index contributed by atoms with van der Waals surface area (Å²) in [5.41, 5.74) is 2.18. The molecular formula is C21H33IN6O2S. The van der Waals surface area contributed by atoms with E-state index in [0.29, 0.717) is 13.1 Å². The van der Waals surface area contributed by atoms with Gasteiger partial charge in [-0.3, -0.25) is 4.99 Å². The fraction of sp³-hybridized carbons (Fsp3) is 0.571. The van der Waals surface area contributed by atoms with Crippen LogP contribution in [0.15, 0.2) is 28.7 Å². The number of ether oxygens (including phenoxy) is 2. The normalized spacial score (nSPS) is 17.8. The molecule has 0 aromatic carbocycles. The third kappa shape index (κ3) is 7.26. The highest BCUT2D eigenvalue weighted by Gasteiger charge is 2.18. The number of nitrogens with one attached hydrogen (secondary N) is 1. The molecule has 2 atom stereocenters. The van der Waals surface area contributed by atoms with Gasteiger partial charge in [0, 0.05) is 52.4 Å². The van der Waals surface area contributed by atoms with Crippen LogP contribution in [-0.4, -0.2) is 67.8 Å². The summed E-state index contributed by atoms with van der Waals surface area (Å²) in [4.78, 5) is 18.0. The van der Waals surface area contributed by atoms with Crippen molar-refractivity contribution in [2.45, 2.75) is 39.1 Å². The maximum atomic E-state index is 5.63. The van der Waals surface area contributed by atoms with Crippen LogP contribution in [0.5, 0.6) is 0 Å². The van der Waals surface area contributed by atoms with Gasteiger partial charge in [-0.25, -0.2) is 9.97 Å². The molecule has 0 radical (unpaired) electrons. The Balaban J connectivity index is 0.00000341. The first-order valence-corrected chi connectivity index (χ1v) is 11.1. The monoisotopic (exact) mass is 560 g/mol. The molecule has 1 N–H and O–H groups in total. The zero-order chi connectivity index (χ0) is 21.5. The first-order chi connectivity index (χ1) is 14.5. The number of thiazole rings is 1. The lowest BCUT2D eigenvalue weighted by Crippen LogP contribution is -2.41. The second kappa shape index (κ2) is 12.5. The van der Waals surface area contributed by atoms with Crippen LogP contribution >= 0.6 is 35.3 Å². The third-order valence-corrected chi connectivity index (χ3v) is 6.12. The Morgan fingerprint density at radius 3 is 3.03 bits per heavy atom. The molecule has 0 spiro atoms. The second-order valence-corrected chi connectivity index (χ2v) is 8.35. The lowest BCUT2D eigenvalue weighted by Gasteiger charge is -2.32. The predicted molar refractivity (Wildman–Crippen MR) is 136 cm³/mol. The van der Waals surface area contributed by atoms with Crippen LogP contribution < -0.4 is 10.2 Å². The van der Waals surface area contributed by atoms with Crippen LogP contribution in [0.2, 0.25) is 0 Å². The maximum Gasteiger partial charge on any atom is 0.194 e. The minimum atomic E-state index is 0. The summed E-state index contributed by atoms with van der Waals surface area (Å²) in [6, 6.07) is 4.17. The van der Waals surface area contributed by atoms with Gasteiger partial charge in [0.1, 0.15) is 16.9 Å². The second-order valence-electron chi connectivity index (χ2n) is 7.46. The zero-order valence-corrected chi connectivity index (χ0v) is 22.0. The molecule has 1 fully saturated rings. The van der Waals surface area contributed by atoms with Gasteiger partial charge in [0.05, 0.1) is 24.9 Å². The van der Waals surface area contributed by atoms with Crippen LogP contribution in [0, 0.1) is 0 Å². The van der Waals surface area contributed by atoms with Crippen molar-refractivity contribution in [3.05, 3.63) is 40.0 Å². The van der Waals surface area contributed by atoms with Gasteiger partial charge >= 0.3 is 0 Å². The van der Waals surface area contributed by atoms with Crippen molar-refractivity contribution in [1.82, 2.24) is 20.2 Å². The number of halogens is 1. The predicted octanol–water partition coefficient (Wildman–Crippen LogP) is 3.30. The Hall–Kier alpha value is -1.50. The first-order valence-electron chi connectivity index (χ1n) is 10.2. The van der Waals surface area contributed by atoms with E-state index in [1.54, 1.807) is 25.5 Å². The van der Waals surface area contributed by atoms with Gasteiger partial charge in [-0.15, -0.1) is 35.3 Å². The molecule has 0 amide bonds. The fourth-order valence-corrected chi connectivity index (χ4v) is 4.18. The SMILES string of the molecule is CN=C(NCc1ccnc(N2CCOC(C)C2)c1)N(C)Cc1csc(C(C)OC)n1.I. The van der Waals surface area contributed by atoms with Crippen molar-refractivity contribution >= 4 is 47.1 Å². The number of aliphatic imine (C=N–C) groups is 1. The lowest BCUT2D eigenvalue weighted by molar-refractivity contribution is 0.0529. The molecule has 2 aromatic rings. The largest absolute Gasteiger partial charge is 0.375 e. The van der Waals surface area contributed by atoms with Crippen molar-refractivity contribution in [1.29, 1.82) is 0 Å². The molecule has 3 heterocycles. The average molecular weight is 561 g/mol. The van der Waals surface area contributed by atoms with Crippen molar-refractivity contribution in [3.8, 4) is 0 Å². The number of anilines is 1. The molecule has 2 unspecified atom stereocenters. The lowest BCUT2D eigenvalue weighted by atomic mass is 10.2. The molecule has 10 heteroatoms. The number of rotatable bonds is 7. The highest BCUT2D eigenvalue weighted by atomic mass is 127. The molecule has 8 nitrogen and oxygen atoms in total. The summed E-state index contributed by atoms with van der Waals surface area (Å²) in [6.07, 6.45) is 2.11. The number of guanidine groups is 1. The van der Waals surface area contributed by atoms with Gasteiger partial charge in [0.15, 0.2) is 5.96 Å². The van der Waals surface area contributed by atoms with Gasteiger partial charge in [0.25, 0.3) is 0 Å². The van der Waals surface area contributed by atoms with Gasteiger partial charge in [-0.2, -0.15) is 0 Å². The smallest absolute Gasteiger partial charge is 0.194 e. The van der Waals surface area contributed by atoms with Crippen LogP contribution in [-0.2, 0) is 22.6 Å². The van der Waals surface area contributed by atoms with Gasteiger partial charge < -0.3 is 24.6 Å². The minimum absolute atomic E-state index is 0. The molecule has 172 valence electrons. The summed E-state index contributed by atoms with van der Waals surface area (Å²) < 4.78 is 11.0. The van der Waals surface area contributed by atoms with E-state index in [1.165, 1.54) is 5.56 Å². The number of pyridine rings is 1. The molecule has 1 aliphatic rings. The van der Waals surface area contributed by atoms with E-state index in [0.717, 1.165) is 42.2 Å². The number of morpholine rings is 1. The molecule has 0 aliphatic carbocycles. The Labute approximate surface area is 206 Å². The highest BCUT2D eigenvalue weighted by Crippen LogP contribution is 2.21. The van der Waals surface area contributed by atoms with Crippen LogP contribution in [0.3, 0.4) is 0 Å². The number of methoxy groups -OCH3 is 1. The van der Waals surface area contributed by atoms with E-state index in [9.17, 15) is 0 Å². The highest BCUT2D eigenvalue weighted by molar-refractivity contribution is 14.0. The van der Waals surface area contributed by atoms with Crippen molar-refractivity contribution < 1.29 is 9.47 Å². The number of hydrogen-bond acceptors (Lipinski definition) is 7. The summed E-state index contributed by atoms with van der Waals surface area (Å²) in [5.74, 6) is 1.82. The first kappa shape index (κ1) is 25.8. The van der Waals surface area contributed by atoms with Crippen LogP contribution in [0.1, 0.15) is 36.2 Å². The Morgan fingerprint density at radius 2 is 2.32 bits per heavy atom. The molecule has 1 aliphatic heterocycles. The van der Waals surface area contributed by atoms with Crippen molar-refractivity contribution in [2.75, 3.05) is 45.8 Å². The standard InChI is InChI=1S/C21H32N6O2S.HI/c1-15-12-27(8-9-29-15)19-10-17(6-7-23-19)11-24-21(22-3)26(4)13-18-14-30-20(25-18)16(2)28-5;/h6-7,10,14-16H,8-9,11-13H2,1-5H3,(H,22,24);1H. The fourth-order valence-electron chi connectivity index (χ4n) is 3.34. The van der Waals surface area contributed by atoms with E-state index in [1.807, 2.05) is 26.2 Å². The van der Waals surface area contributed by atoms with Crippen LogP contribution in [0.25, 0.3) is 0 Å². The average Bonchev–Trinajstić information content (AvgIpc) is 3.22. The molecule has 2 aromatic heterocycles. The van der Waals surface area contributed by atoms with E-state index in [-0.39, 0.29) is 36.2 Å². The molecule has 31 heavy (non-hydrogen) atoms. The topological polar surface area (TPSA) is 75.1 Å². The Bertz CT molecular complexity index is 849. The molecule has 1 saturated heterocycles. The minimum Gasteiger partial charge on any atom is -0.375 e. The maximum absolute atomic E-state index is 5.63. The summed E-state index contributed by atoms with van der Waals surface area (Å²) >= 11 is 1.63. The molecule has 3 rings (SSSR count). The third-order valence-electron chi connectivity index (χ3n) is 5.07. The van der Waals surface area contributed by atoms with Crippen molar-refractivity contribution in [2.24, 2.45) is 4.99 Å². The number of aromatic nitrogens is 2. The van der Waals surface area contributed by atoms with E-state index < -0.39 is 0 Å². The molecule has 0 saturated carbocycles. The van der Waals surface area contributed by atoms with Gasteiger partial charge in [-0.05, 0) is 31.5 Å². The van der Waals surface area contributed by atoms with Gasteiger partial charge in [0.2, 0.25) is 0 Å². The van der Waals surface area contributed by atoms with Crippen molar-refractivity contribution in [3.63, 3.8) is 0 Å². The number of hydrogen-bond donors (Lipinski definition) is 1. The zero-order valence-electron chi connectivity index (χ0n) is 18.9. The summed E-state index contributed by atoms with van der Waals surface area (Å²) in [6.45, 7) is 7.94. The summed E-state index contributed by atoms with van der Waals surface area (Å²) in [7, 11) is 5.51. The van der Waals surface area contributed by atoms with Gasteiger partial charge in [-0.1, -0.05) is 0 Å². The Morgan fingerprint density at radius 1 is 1.52 bits per heavy atom. The summed E-state index contributed by atoms with van der Waals surface area (Å²) in [5, 5.41) is 6.51. The number of nitrogens with zero attached hydrogens (tertiary/aromatic N) is 5.